The third-order valence-electron chi connectivity index (χ3n) is 3.19. The molecule has 0 saturated heterocycles. The predicted molar refractivity (Wildman–Crippen MR) is 84.7 cm³/mol. The van der Waals surface area contributed by atoms with E-state index in [1.807, 2.05) is 0 Å². The molecule has 0 atom stereocenters. The molecule has 2 heteroatoms. The van der Waals surface area contributed by atoms with Crippen LogP contribution in [0.2, 0.25) is 0 Å². The first-order valence-corrected chi connectivity index (χ1v) is 7.75. The lowest BCUT2D eigenvalue weighted by Crippen LogP contribution is -2.27. The van der Waals surface area contributed by atoms with Gasteiger partial charge in [0.05, 0.1) is 0 Å². The summed E-state index contributed by atoms with van der Waals surface area (Å²) < 4.78 is 0. The zero-order valence-corrected chi connectivity index (χ0v) is 12.4. The Morgan fingerprint density at radius 3 is 2.79 bits per heavy atom. The minimum absolute atomic E-state index is 0.935. The van der Waals surface area contributed by atoms with Crippen LogP contribution >= 0.6 is 0 Å². The second-order valence-corrected chi connectivity index (χ2v) is 4.97. The van der Waals surface area contributed by atoms with Gasteiger partial charge in [-0.05, 0) is 44.9 Å². The molecule has 19 heavy (non-hydrogen) atoms. The summed E-state index contributed by atoms with van der Waals surface area (Å²) in [6.45, 7) is 6.58. The van der Waals surface area contributed by atoms with Crippen LogP contribution in [0.5, 0.6) is 0 Å². The fourth-order valence-corrected chi connectivity index (χ4v) is 2.16. The third kappa shape index (κ3) is 9.50. The molecule has 0 aromatic rings. The van der Waals surface area contributed by atoms with Crippen molar-refractivity contribution in [3.05, 3.63) is 12.2 Å². The maximum atomic E-state index is 4.46. The van der Waals surface area contributed by atoms with E-state index in [9.17, 15) is 0 Å². The fourth-order valence-electron chi connectivity index (χ4n) is 2.16. The average Bonchev–Trinajstić information content (AvgIpc) is 2.41. The molecule has 0 N–H and O–H groups in total. The summed E-state index contributed by atoms with van der Waals surface area (Å²) in [7, 11) is 0. The van der Waals surface area contributed by atoms with E-state index in [0.29, 0.717) is 0 Å². The fraction of sp³-hybridized carbons (Fsp3) is 0.706. The van der Waals surface area contributed by atoms with Crippen molar-refractivity contribution < 1.29 is 0 Å². The third-order valence-corrected chi connectivity index (χ3v) is 3.19. The van der Waals surface area contributed by atoms with E-state index in [0.717, 1.165) is 51.7 Å². The summed E-state index contributed by atoms with van der Waals surface area (Å²) in [5, 5.41) is 0. The lowest BCUT2D eigenvalue weighted by atomic mass is 10.2. The number of hydrogen-bond donors (Lipinski definition) is 0. The summed E-state index contributed by atoms with van der Waals surface area (Å²) in [5.74, 6) is 6.60. The lowest BCUT2D eigenvalue weighted by molar-refractivity contribution is 0.289. The molecule has 0 aliphatic carbocycles. The van der Waals surface area contributed by atoms with E-state index in [4.69, 9.17) is 0 Å². The van der Waals surface area contributed by atoms with Gasteiger partial charge in [0.2, 0.25) is 0 Å². The molecule has 1 aliphatic heterocycles. The molecule has 0 aromatic heterocycles. The Bertz CT molecular complexity index is 320. The van der Waals surface area contributed by atoms with Gasteiger partial charge in [0.1, 0.15) is 0 Å². The molecule has 1 aliphatic rings. The van der Waals surface area contributed by atoms with Crippen LogP contribution in [-0.4, -0.2) is 37.3 Å². The van der Waals surface area contributed by atoms with Crippen molar-refractivity contribution in [1.82, 2.24) is 4.90 Å². The number of nitrogens with zero attached hydrogens (tertiary/aromatic N) is 2. The van der Waals surface area contributed by atoms with Crippen molar-refractivity contribution in [1.29, 1.82) is 0 Å². The molecule has 0 bridgehead atoms. The van der Waals surface area contributed by atoms with Gasteiger partial charge in [-0.25, -0.2) is 0 Å². The summed E-state index contributed by atoms with van der Waals surface area (Å²) in [4.78, 5) is 6.97. The lowest BCUT2D eigenvalue weighted by Gasteiger charge is -2.19. The largest absolute Gasteiger partial charge is 0.302 e. The Kier molecular flexibility index (Phi) is 10.1. The highest BCUT2D eigenvalue weighted by Crippen LogP contribution is 1.99. The van der Waals surface area contributed by atoms with Gasteiger partial charge < -0.3 is 4.90 Å². The molecule has 0 fully saturated rings. The van der Waals surface area contributed by atoms with Gasteiger partial charge in [0, 0.05) is 32.5 Å². The molecule has 2 nitrogen and oxygen atoms in total. The number of hydrogen-bond acceptors (Lipinski definition) is 2. The number of aliphatic imine (C=N–C) groups is 1. The van der Waals surface area contributed by atoms with Crippen molar-refractivity contribution in [3.63, 3.8) is 0 Å². The number of allylic oxidation sites excluding steroid dienone is 1. The van der Waals surface area contributed by atoms with Crippen LogP contribution in [-0.2, 0) is 0 Å². The average molecular weight is 260 g/mol. The summed E-state index contributed by atoms with van der Waals surface area (Å²) in [5.41, 5.74) is 0. The zero-order valence-electron chi connectivity index (χ0n) is 12.4. The van der Waals surface area contributed by atoms with Crippen molar-refractivity contribution >= 4 is 6.21 Å². The predicted octanol–water partition coefficient (Wildman–Crippen LogP) is 3.68. The van der Waals surface area contributed by atoms with Gasteiger partial charge in [0.15, 0.2) is 0 Å². The Morgan fingerprint density at radius 2 is 1.89 bits per heavy atom. The van der Waals surface area contributed by atoms with Crippen LogP contribution in [0.1, 0.15) is 51.9 Å². The van der Waals surface area contributed by atoms with Gasteiger partial charge in [-0.2, -0.15) is 0 Å². The first-order chi connectivity index (χ1) is 9.43. The van der Waals surface area contributed by atoms with E-state index >= 15 is 0 Å². The summed E-state index contributed by atoms with van der Waals surface area (Å²) in [6.07, 6.45) is 14.3. The van der Waals surface area contributed by atoms with Crippen LogP contribution in [0.4, 0.5) is 0 Å². The second-order valence-electron chi connectivity index (χ2n) is 4.97. The van der Waals surface area contributed by atoms with E-state index < -0.39 is 0 Å². The maximum Gasteiger partial charge on any atom is 0.0419 e. The molecule has 1 rings (SSSR count). The van der Waals surface area contributed by atoms with Crippen LogP contribution in [0.25, 0.3) is 0 Å². The highest BCUT2D eigenvalue weighted by Gasteiger charge is 2.00. The monoisotopic (exact) mass is 260 g/mol. The van der Waals surface area contributed by atoms with Crippen molar-refractivity contribution in [3.8, 4) is 11.8 Å². The molecule has 0 radical (unpaired) electrons. The number of rotatable bonds is 2. The van der Waals surface area contributed by atoms with Crippen molar-refractivity contribution in [2.75, 3.05) is 26.2 Å². The van der Waals surface area contributed by atoms with Crippen LogP contribution in [0.3, 0.4) is 0 Å². The zero-order chi connectivity index (χ0) is 13.6. The topological polar surface area (TPSA) is 15.6 Å². The molecule has 0 amide bonds. The molecule has 0 unspecified atom stereocenters. The molecule has 1 heterocycles. The maximum absolute atomic E-state index is 4.46. The van der Waals surface area contributed by atoms with Gasteiger partial charge in [-0.15, -0.1) is 11.8 Å². The van der Waals surface area contributed by atoms with Crippen LogP contribution < -0.4 is 0 Å². The minimum Gasteiger partial charge on any atom is -0.302 e. The Balaban J connectivity index is 2.41. The van der Waals surface area contributed by atoms with Crippen molar-refractivity contribution in [2.45, 2.75) is 51.9 Å². The van der Waals surface area contributed by atoms with Gasteiger partial charge in [-0.1, -0.05) is 19.1 Å². The molecule has 106 valence electrons. The van der Waals surface area contributed by atoms with E-state index in [-0.39, 0.29) is 0 Å². The SMILES string of the molecule is CCCN1CCC#CCCC/C=C/CCN=CCC1. The standard InChI is InChI=1S/C17H28N2/c1-2-15-19-16-11-9-7-5-3-4-6-8-10-13-18-14-12-17-19/h6,8,14H,2-5,10-13,15-17H2,1H3/b8-6+,18-14?. The normalized spacial score (nSPS) is 21.5. The van der Waals surface area contributed by atoms with Gasteiger partial charge in [0.25, 0.3) is 0 Å². The van der Waals surface area contributed by atoms with Crippen LogP contribution in [0, 0.1) is 11.8 Å². The first-order valence-electron chi connectivity index (χ1n) is 7.75. The van der Waals surface area contributed by atoms with E-state index in [1.165, 1.54) is 19.4 Å². The van der Waals surface area contributed by atoms with Crippen LogP contribution in [0.15, 0.2) is 17.1 Å². The molecular formula is C17H28N2. The first kappa shape index (κ1) is 16.0. The van der Waals surface area contributed by atoms with Gasteiger partial charge in [-0.3, -0.25) is 4.99 Å². The molecule has 0 spiro atoms. The molecule has 0 aromatic carbocycles. The van der Waals surface area contributed by atoms with Crippen molar-refractivity contribution in [2.24, 2.45) is 4.99 Å². The molecule has 0 saturated carbocycles. The Labute approximate surface area is 119 Å². The summed E-state index contributed by atoms with van der Waals surface area (Å²) in [6, 6.07) is 0. The molecular weight excluding hydrogens is 232 g/mol. The highest BCUT2D eigenvalue weighted by molar-refractivity contribution is 5.57. The Hall–Kier alpha value is -1.07. The summed E-state index contributed by atoms with van der Waals surface area (Å²) >= 11 is 0. The Morgan fingerprint density at radius 1 is 1.05 bits per heavy atom. The van der Waals surface area contributed by atoms with E-state index in [2.05, 4.69) is 47.0 Å². The second kappa shape index (κ2) is 12.0. The van der Waals surface area contributed by atoms with E-state index in [1.54, 1.807) is 0 Å². The smallest absolute Gasteiger partial charge is 0.0419 e. The van der Waals surface area contributed by atoms with Gasteiger partial charge >= 0.3 is 0 Å². The quantitative estimate of drug-likeness (QED) is 0.546. The minimum atomic E-state index is 0.935. The highest BCUT2D eigenvalue weighted by atomic mass is 15.1.